The Morgan fingerprint density at radius 3 is 2.53 bits per heavy atom. The molecule has 2 nitrogen and oxygen atoms in total. The van der Waals surface area contributed by atoms with Crippen LogP contribution >= 0.6 is 23.2 Å². The third kappa shape index (κ3) is 1.46. The molecule has 3 rings (SSSR count). The molecule has 0 aliphatic heterocycles. The standard InChI is InChI=1S/C11H12Cl2N2/c12-9-5-8(10(13)15-14-9)11-3-1-7(6-11)2-4-11/h5,7H,1-4,6H2. The lowest BCUT2D eigenvalue weighted by Gasteiger charge is -2.27. The van der Waals surface area contributed by atoms with E-state index >= 15 is 0 Å². The fourth-order valence-corrected chi connectivity index (χ4v) is 3.73. The molecule has 0 N–H and O–H groups in total. The van der Waals surface area contributed by atoms with E-state index in [9.17, 15) is 0 Å². The molecule has 2 fully saturated rings. The minimum absolute atomic E-state index is 0.265. The topological polar surface area (TPSA) is 25.8 Å². The van der Waals surface area contributed by atoms with Gasteiger partial charge in [0.1, 0.15) is 0 Å². The largest absolute Gasteiger partial charge is 0.155 e. The molecule has 1 heterocycles. The number of hydrogen-bond donors (Lipinski definition) is 0. The summed E-state index contributed by atoms with van der Waals surface area (Å²) < 4.78 is 0. The minimum atomic E-state index is 0.265. The van der Waals surface area contributed by atoms with Gasteiger partial charge in [-0.2, -0.15) is 0 Å². The molecular weight excluding hydrogens is 231 g/mol. The zero-order valence-electron chi connectivity index (χ0n) is 8.34. The van der Waals surface area contributed by atoms with Crippen LogP contribution in [-0.2, 0) is 5.41 Å². The Morgan fingerprint density at radius 1 is 1.20 bits per heavy atom. The van der Waals surface area contributed by atoms with Crippen LogP contribution in [0.4, 0.5) is 0 Å². The number of nitrogens with zero attached hydrogens (tertiary/aromatic N) is 2. The molecular formula is C11H12Cl2N2. The van der Waals surface area contributed by atoms with Gasteiger partial charge in [0.05, 0.1) is 0 Å². The summed E-state index contributed by atoms with van der Waals surface area (Å²) in [5.41, 5.74) is 1.39. The summed E-state index contributed by atoms with van der Waals surface area (Å²) in [6.45, 7) is 0. The third-order valence-electron chi connectivity index (χ3n) is 4.03. The highest BCUT2D eigenvalue weighted by Crippen LogP contribution is 2.56. The molecule has 0 aromatic carbocycles. The van der Waals surface area contributed by atoms with E-state index in [0.29, 0.717) is 10.3 Å². The van der Waals surface area contributed by atoms with Crippen LogP contribution < -0.4 is 0 Å². The fraction of sp³-hybridized carbons (Fsp3) is 0.636. The highest BCUT2D eigenvalue weighted by atomic mass is 35.5. The van der Waals surface area contributed by atoms with E-state index in [1.165, 1.54) is 32.1 Å². The Kier molecular flexibility index (Phi) is 2.18. The number of hydrogen-bond acceptors (Lipinski definition) is 2. The molecule has 1 aromatic rings. The van der Waals surface area contributed by atoms with Gasteiger partial charge >= 0.3 is 0 Å². The van der Waals surface area contributed by atoms with Crippen LogP contribution in [0.5, 0.6) is 0 Å². The van der Waals surface area contributed by atoms with Crippen LogP contribution in [0, 0.1) is 5.92 Å². The molecule has 0 radical (unpaired) electrons. The summed E-state index contributed by atoms with van der Waals surface area (Å²) in [5, 5.41) is 8.69. The first-order valence-corrected chi connectivity index (χ1v) is 6.14. The first-order valence-electron chi connectivity index (χ1n) is 5.39. The maximum absolute atomic E-state index is 6.13. The van der Waals surface area contributed by atoms with Crippen LogP contribution in [0.25, 0.3) is 0 Å². The van der Waals surface area contributed by atoms with Crippen LogP contribution in [0.3, 0.4) is 0 Å². The van der Waals surface area contributed by atoms with Crippen molar-refractivity contribution in [2.24, 2.45) is 5.92 Å². The van der Waals surface area contributed by atoms with Crippen LogP contribution in [0.2, 0.25) is 10.3 Å². The van der Waals surface area contributed by atoms with Crippen LogP contribution in [0.1, 0.15) is 37.7 Å². The zero-order chi connectivity index (χ0) is 10.5. The van der Waals surface area contributed by atoms with E-state index in [4.69, 9.17) is 23.2 Å². The van der Waals surface area contributed by atoms with E-state index in [0.717, 1.165) is 11.5 Å². The van der Waals surface area contributed by atoms with Crippen molar-refractivity contribution in [2.75, 3.05) is 0 Å². The minimum Gasteiger partial charge on any atom is -0.137 e. The molecule has 2 aliphatic rings. The van der Waals surface area contributed by atoms with Gasteiger partial charge in [0.25, 0.3) is 0 Å². The normalized spacial score (nSPS) is 33.6. The predicted octanol–water partition coefficient (Wildman–Crippen LogP) is 3.62. The molecule has 2 saturated carbocycles. The SMILES string of the molecule is Clc1cc(C23CCC(CC2)C3)c(Cl)nn1. The molecule has 15 heavy (non-hydrogen) atoms. The molecule has 0 spiro atoms. The second kappa shape index (κ2) is 3.33. The van der Waals surface area contributed by atoms with Crippen molar-refractivity contribution in [1.29, 1.82) is 0 Å². The highest BCUT2D eigenvalue weighted by molar-refractivity contribution is 6.31. The summed E-state index contributed by atoms with van der Waals surface area (Å²) >= 11 is 12.0. The van der Waals surface area contributed by atoms with Crippen molar-refractivity contribution in [1.82, 2.24) is 10.2 Å². The third-order valence-corrected chi connectivity index (χ3v) is 4.50. The Hall–Kier alpha value is -0.340. The predicted molar refractivity (Wildman–Crippen MR) is 60.3 cm³/mol. The van der Waals surface area contributed by atoms with E-state index in [1.54, 1.807) is 0 Å². The van der Waals surface area contributed by atoms with Crippen molar-refractivity contribution in [2.45, 2.75) is 37.5 Å². The molecule has 1 aromatic heterocycles. The van der Waals surface area contributed by atoms with E-state index < -0.39 is 0 Å². The molecule has 0 atom stereocenters. The van der Waals surface area contributed by atoms with Crippen molar-refractivity contribution < 1.29 is 0 Å². The van der Waals surface area contributed by atoms with Crippen molar-refractivity contribution in [3.63, 3.8) is 0 Å². The van der Waals surface area contributed by atoms with Crippen molar-refractivity contribution in [3.05, 3.63) is 21.9 Å². The second-order valence-corrected chi connectivity index (χ2v) is 5.54. The number of rotatable bonds is 1. The summed E-state index contributed by atoms with van der Waals surface area (Å²) in [6.07, 6.45) is 6.39. The number of fused-ring (bicyclic) bond motifs is 2. The molecule has 2 aliphatic carbocycles. The zero-order valence-corrected chi connectivity index (χ0v) is 9.85. The second-order valence-electron chi connectivity index (χ2n) is 4.80. The maximum Gasteiger partial charge on any atom is 0.155 e. The smallest absolute Gasteiger partial charge is 0.137 e. The van der Waals surface area contributed by atoms with E-state index in [1.807, 2.05) is 6.07 Å². The van der Waals surface area contributed by atoms with Gasteiger partial charge in [0.2, 0.25) is 0 Å². The summed E-state index contributed by atoms with van der Waals surface area (Å²) in [4.78, 5) is 0. The monoisotopic (exact) mass is 242 g/mol. The summed E-state index contributed by atoms with van der Waals surface area (Å²) in [6, 6.07) is 1.91. The summed E-state index contributed by atoms with van der Waals surface area (Å²) in [5.74, 6) is 0.896. The van der Waals surface area contributed by atoms with Gasteiger partial charge in [0.15, 0.2) is 10.3 Å². The lowest BCUT2D eigenvalue weighted by molar-refractivity contribution is 0.417. The Balaban J connectivity index is 2.08. The van der Waals surface area contributed by atoms with Gasteiger partial charge in [-0.3, -0.25) is 0 Å². The van der Waals surface area contributed by atoms with Gasteiger partial charge in [-0.15, -0.1) is 10.2 Å². The Morgan fingerprint density at radius 2 is 1.93 bits per heavy atom. The first-order chi connectivity index (χ1) is 7.20. The number of halogens is 2. The van der Waals surface area contributed by atoms with Gasteiger partial charge in [-0.25, -0.2) is 0 Å². The fourth-order valence-electron chi connectivity index (χ4n) is 3.30. The molecule has 0 unspecified atom stereocenters. The van der Waals surface area contributed by atoms with Crippen LogP contribution in [0.15, 0.2) is 6.07 Å². The van der Waals surface area contributed by atoms with E-state index in [-0.39, 0.29) is 5.41 Å². The number of aromatic nitrogens is 2. The Labute approximate surface area is 99.0 Å². The highest BCUT2D eigenvalue weighted by Gasteiger charge is 2.47. The average Bonchev–Trinajstić information content (AvgIpc) is 2.82. The van der Waals surface area contributed by atoms with Crippen molar-refractivity contribution in [3.8, 4) is 0 Å². The van der Waals surface area contributed by atoms with Crippen LogP contribution in [-0.4, -0.2) is 10.2 Å². The average molecular weight is 243 g/mol. The van der Waals surface area contributed by atoms with Gasteiger partial charge < -0.3 is 0 Å². The lowest BCUT2D eigenvalue weighted by Crippen LogP contribution is -2.20. The molecule has 0 saturated heterocycles. The Bertz CT molecular complexity index is 398. The lowest BCUT2D eigenvalue weighted by atomic mass is 9.79. The van der Waals surface area contributed by atoms with Gasteiger partial charge in [0, 0.05) is 5.56 Å². The van der Waals surface area contributed by atoms with Crippen molar-refractivity contribution >= 4 is 23.2 Å². The summed E-state index contributed by atoms with van der Waals surface area (Å²) in [7, 11) is 0. The maximum atomic E-state index is 6.13. The quantitative estimate of drug-likeness (QED) is 0.752. The molecule has 80 valence electrons. The first kappa shape index (κ1) is 9.86. The van der Waals surface area contributed by atoms with Gasteiger partial charge in [-0.1, -0.05) is 23.2 Å². The molecule has 0 amide bonds. The molecule has 4 heteroatoms. The molecule has 2 bridgehead atoms. The van der Waals surface area contributed by atoms with Gasteiger partial charge in [-0.05, 0) is 49.5 Å². The van der Waals surface area contributed by atoms with E-state index in [2.05, 4.69) is 10.2 Å².